The summed E-state index contributed by atoms with van der Waals surface area (Å²) in [6, 6.07) is 6.30. The van der Waals surface area contributed by atoms with Gasteiger partial charge in [-0.15, -0.1) is 0 Å². The fourth-order valence-electron chi connectivity index (χ4n) is 6.79. The summed E-state index contributed by atoms with van der Waals surface area (Å²) in [4.78, 5) is 35.8. The number of nitrogens with zero attached hydrogens (tertiary/aromatic N) is 6. The molecule has 1 saturated carbocycles. The predicted octanol–water partition coefficient (Wildman–Crippen LogP) is 4.52. The zero-order valence-corrected chi connectivity index (χ0v) is 21.4. The van der Waals surface area contributed by atoms with Crippen LogP contribution in [0, 0.1) is 0 Å². The maximum Gasteiger partial charge on any atom is 0.255 e. The lowest BCUT2D eigenvalue weighted by Crippen LogP contribution is -2.46. The lowest BCUT2D eigenvalue weighted by molar-refractivity contribution is 0.0569. The normalized spacial score (nSPS) is 22.6. The van der Waals surface area contributed by atoms with Gasteiger partial charge in [-0.25, -0.2) is 9.97 Å². The van der Waals surface area contributed by atoms with Crippen LogP contribution in [0.2, 0.25) is 0 Å². The molecule has 5 aromatic rings. The van der Waals surface area contributed by atoms with Crippen LogP contribution >= 0.6 is 0 Å². The van der Waals surface area contributed by atoms with Gasteiger partial charge in [-0.05, 0) is 56.6 Å². The maximum atomic E-state index is 13.3. The number of amides is 1. The molecule has 1 unspecified atom stereocenters. The van der Waals surface area contributed by atoms with E-state index in [1.165, 1.54) is 5.56 Å². The summed E-state index contributed by atoms with van der Waals surface area (Å²) < 4.78 is 1.80. The Labute approximate surface area is 224 Å². The van der Waals surface area contributed by atoms with E-state index >= 15 is 0 Å². The highest BCUT2D eigenvalue weighted by molar-refractivity contribution is 5.94. The summed E-state index contributed by atoms with van der Waals surface area (Å²) in [6.45, 7) is 0. The number of H-pyrrole nitrogens is 2. The van der Waals surface area contributed by atoms with Gasteiger partial charge in [-0.3, -0.25) is 9.78 Å². The van der Waals surface area contributed by atoms with Gasteiger partial charge >= 0.3 is 0 Å². The second-order valence-electron chi connectivity index (χ2n) is 11.1. The SMILES string of the molecule is Nc1c(C2CC2)c(C2C[C@H]3CC[C@@H](C2)N3C(=O)c2cc[nH]c2)nc2c(-c3ccc(-c4ncc[nH]4)nc3)cnn12. The quantitative estimate of drug-likeness (QED) is 0.313. The highest BCUT2D eigenvalue weighted by Gasteiger charge is 2.46. The first-order valence-electron chi connectivity index (χ1n) is 13.7. The first kappa shape index (κ1) is 22.5. The molecule has 0 aromatic carbocycles. The highest BCUT2D eigenvalue weighted by atomic mass is 16.2. The smallest absolute Gasteiger partial charge is 0.255 e. The highest BCUT2D eigenvalue weighted by Crippen LogP contribution is 2.50. The van der Waals surface area contributed by atoms with Crippen LogP contribution in [0.4, 0.5) is 5.82 Å². The molecule has 3 fully saturated rings. The minimum absolute atomic E-state index is 0.135. The third-order valence-electron chi connectivity index (χ3n) is 8.75. The standard InChI is InChI=1S/C29H29N9O/c30-26-24(16-1-2-16)25(19-11-20-4-5-21(12-19)37(20)29(39)18-7-8-31-13-18)36-28-22(15-35-38(26)28)17-3-6-23(34-14-17)27-32-9-10-33-27/h3,6-10,13-16,19-21,31H,1-2,4-5,11-12,30H2,(H,32,33)/t19?,20-,21+. The van der Waals surface area contributed by atoms with Crippen LogP contribution in [0.5, 0.6) is 0 Å². The molecule has 5 aromatic heterocycles. The van der Waals surface area contributed by atoms with Gasteiger partial charge in [0.05, 0.1) is 17.5 Å². The molecule has 1 aliphatic carbocycles. The molecular weight excluding hydrogens is 490 g/mol. The van der Waals surface area contributed by atoms with E-state index < -0.39 is 0 Å². The number of aromatic nitrogens is 7. The van der Waals surface area contributed by atoms with Crippen molar-refractivity contribution in [3.05, 3.63) is 72.2 Å². The molecule has 0 spiro atoms. The topological polar surface area (TPSA) is 134 Å². The number of carbonyl (C=O) groups excluding carboxylic acids is 1. The number of hydrogen-bond donors (Lipinski definition) is 3. The molecule has 7 heterocycles. The molecule has 1 amide bonds. The lowest BCUT2D eigenvalue weighted by Gasteiger charge is -2.39. The molecular formula is C29H29N9O. The number of anilines is 1. The summed E-state index contributed by atoms with van der Waals surface area (Å²) in [7, 11) is 0. The summed E-state index contributed by atoms with van der Waals surface area (Å²) in [6.07, 6.45) is 17.0. The molecule has 2 saturated heterocycles. The first-order valence-corrected chi connectivity index (χ1v) is 13.7. The van der Waals surface area contributed by atoms with E-state index in [1.54, 1.807) is 23.1 Å². The number of rotatable bonds is 5. The third kappa shape index (κ3) is 3.58. The fraction of sp³-hybridized carbons (Fsp3) is 0.345. The van der Waals surface area contributed by atoms with E-state index in [4.69, 9.17) is 10.7 Å². The van der Waals surface area contributed by atoms with Gasteiger partial charge in [0, 0.05) is 65.7 Å². The molecule has 0 radical (unpaired) electrons. The molecule has 10 nitrogen and oxygen atoms in total. The van der Waals surface area contributed by atoms with Gasteiger partial charge < -0.3 is 20.6 Å². The second kappa shape index (κ2) is 8.52. The Balaban J connectivity index is 1.17. The molecule has 3 aliphatic rings. The van der Waals surface area contributed by atoms with Gasteiger partial charge in [0.25, 0.3) is 5.91 Å². The van der Waals surface area contributed by atoms with Crippen LogP contribution in [0.25, 0.3) is 28.3 Å². The largest absolute Gasteiger partial charge is 0.383 e. The fourth-order valence-corrected chi connectivity index (χ4v) is 6.79. The van der Waals surface area contributed by atoms with Crippen molar-refractivity contribution in [1.29, 1.82) is 0 Å². The number of hydrogen-bond acceptors (Lipinski definition) is 6. The minimum atomic E-state index is 0.135. The van der Waals surface area contributed by atoms with Crippen molar-refractivity contribution >= 4 is 17.4 Å². The number of nitrogens with two attached hydrogens (primary N) is 1. The van der Waals surface area contributed by atoms with Crippen molar-refractivity contribution in [2.75, 3.05) is 5.73 Å². The molecule has 10 heteroatoms. The Morgan fingerprint density at radius 3 is 2.49 bits per heavy atom. The Morgan fingerprint density at radius 2 is 1.82 bits per heavy atom. The Hall–Kier alpha value is -4.47. The number of fused-ring (bicyclic) bond motifs is 3. The van der Waals surface area contributed by atoms with Crippen molar-refractivity contribution in [3.63, 3.8) is 0 Å². The van der Waals surface area contributed by atoms with Crippen LogP contribution in [0.15, 0.2) is 55.4 Å². The van der Waals surface area contributed by atoms with Crippen LogP contribution in [-0.4, -0.2) is 57.4 Å². The molecule has 2 bridgehead atoms. The van der Waals surface area contributed by atoms with Gasteiger partial charge in [0.1, 0.15) is 11.5 Å². The number of carbonyl (C=O) groups is 1. The van der Waals surface area contributed by atoms with E-state index in [-0.39, 0.29) is 23.9 Å². The monoisotopic (exact) mass is 519 g/mol. The summed E-state index contributed by atoms with van der Waals surface area (Å²) in [5.41, 5.74) is 13.2. The summed E-state index contributed by atoms with van der Waals surface area (Å²) in [5, 5.41) is 4.66. The van der Waals surface area contributed by atoms with Crippen molar-refractivity contribution in [2.24, 2.45) is 0 Å². The maximum absolute atomic E-state index is 13.3. The van der Waals surface area contributed by atoms with E-state index in [0.29, 0.717) is 11.7 Å². The summed E-state index contributed by atoms with van der Waals surface area (Å²) >= 11 is 0. The van der Waals surface area contributed by atoms with Crippen molar-refractivity contribution < 1.29 is 4.79 Å². The number of aromatic amines is 2. The van der Waals surface area contributed by atoms with Gasteiger partial charge in [-0.2, -0.15) is 9.61 Å². The summed E-state index contributed by atoms with van der Waals surface area (Å²) in [5.74, 6) is 2.27. The number of pyridine rings is 1. The van der Waals surface area contributed by atoms with Crippen molar-refractivity contribution in [1.82, 2.24) is 39.4 Å². The van der Waals surface area contributed by atoms with Gasteiger partial charge in [0.2, 0.25) is 0 Å². The van der Waals surface area contributed by atoms with Crippen LogP contribution in [0.1, 0.15) is 72.0 Å². The molecule has 2 aliphatic heterocycles. The number of imidazole rings is 1. The van der Waals surface area contributed by atoms with E-state index in [2.05, 4.69) is 29.9 Å². The number of piperidine rings is 1. The molecule has 196 valence electrons. The van der Waals surface area contributed by atoms with Crippen LogP contribution in [0.3, 0.4) is 0 Å². The average Bonchev–Trinajstić information content (AvgIpc) is 3.37. The Morgan fingerprint density at radius 1 is 0.974 bits per heavy atom. The number of nitrogen functional groups attached to an aromatic ring is 1. The van der Waals surface area contributed by atoms with E-state index in [9.17, 15) is 4.79 Å². The van der Waals surface area contributed by atoms with E-state index in [1.807, 2.05) is 36.8 Å². The lowest BCUT2D eigenvalue weighted by atomic mass is 9.84. The minimum Gasteiger partial charge on any atom is -0.383 e. The predicted molar refractivity (Wildman–Crippen MR) is 146 cm³/mol. The molecule has 3 atom stereocenters. The van der Waals surface area contributed by atoms with Crippen molar-refractivity contribution in [2.45, 2.75) is 62.4 Å². The zero-order valence-electron chi connectivity index (χ0n) is 21.4. The first-order chi connectivity index (χ1) is 19.2. The number of nitrogens with one attached hydrogen (secondary N) is 2. The molecule has 8 rings (SSSR count). The zero-order chi connectivity index (χ0) is 26.1. The van der Waals surface area contributed by atoms with Crippen molar-refractivity contribution in [3.8, 4) is 22.6 Å². The van der Waals surface area contributed by atoms with Crippen LogP contribution < -0.4 is 5.73 Å². The second-order valence-corrected chi connectivity index (χ2v) is 11.1. The van der Waals surface area contributed by atoms with Gasteiger partial charge in [0.15, 0.2) is 11.5 Å². The molecule has 39 heavy (non-hydrogen) atoms. The molecule has 4 N–H and O–H groups in total. The Bertz CT molecular complexity index is 1650. The van der Waals surface area contributed by atoms with Gasteiger partial charge in [-0.1, -0.05) is 6.07 Å². The van der Waals surface area contributed by atoms with Crippen LogP contribution in [-0.2, 0) is 0 Å². The van der Waals surface area contributed by atoms with E-state index in [0.717, 1.165) is 78.1 Å². The Kier molecular flexibility index (Phi) is 4.92. The average molecular weight is 520 g/mol. The third-order valence-corrected chi connectivity index (χ3v) is 8.75.